The number of rotatable bonds is 2. The molecule has 3 rings (SSSR count). The van der Waals surface area contributed by atoms with Crippen molar-refractivity contribution < 1.29 is 28.4 Å². The van der Waals surface area contributed by atoms with Gasteiger partial charge in [0.2, 0.25) is 0 Å². The summed E-state index contributed by atoms with van der Waals surface area (Å²) >= 11 is 0. The predicted molar refractivity (Wildman–Crippen MR) is 73.6 cm³/mol. The molecule has 4 atom stereocenters. The first-order valence-corrected chi connectivity index (χ1v) is 7.56. The zero-order chi connectivity index (χ0) is 15.5. The van der Waals surface area contributed by atoms with Gasteiger partial charge in [-0.15, -0.1) is 0 Å². The Hall–Kier alpha value is -0.240. The average molecular weight is 302 g/mol. The molecule has 0 aromatic rings. The second-order valence-corrected chi connectivity index (χ2v) is 7.30. The van der Waals surface area contributed by atoms with Crippen LogP contribution in [0.5, 0.6) is 0 Å². The van der Waals surface area contributed by atoms with E-state index in [1.54, 1.807) is 0 Å². The smallest absolute Gasteiger partial charge is 0.164 e. The van der Waals surface area contributed by atoms with Gasteiger partial charge in [0.1, 0.15) is 24.4 Å². The molecule has 3 aliphatic heterocycles. The Kier molecular flexibility index (Phi) is 3.63. The molecule has 0 N–H and O–H groups in total. The van der Waals surface area contributed by atoms with Crippen LogP contribution in [0.1, 0.15) is 41.5 Å². The minimum atomic E-state index is -0.665. The molecule has 0 spiro atoms. The van der Waals surface area contributed by atoms with Gasteiger partial charge in [-0.2, -0.15) is 0 Å². The van der Waals surface area contributed by atoms with Crippen molar-refractivity contribution in [3.8, 4) is 0 Å². The van der Waals surface area contributed by atoms with Crippen LogP contribution in [0.25, 0.3) is 0 Å². The van der Waals surface area contributed by atoms with Gasteiger partial charge in [-0.25, -0.2) is 0 Å². The second-order valence-electron chi connectivity index (χ2n) is 7.30. The molecule has 3 heterocycles. The number of hydrogen-bond acceptors (Lipinski definition) is 6. The molecule has 0 aliphatic carbocycles. The molecule has 6 nitrogen and oxygen atoms in total. The summed E-state index contributed by atoms with van der Waals surface area (Å²) in [4.78, 5) is 0. The first kappa shape index (κ1) is 15.6. The van der Waals surface area contributed by atoms with Crippen molar-refractivity contribution in [2.24, 2.45) is 0 Å². The summed E-state index contributed by atoms with van der Waals surface area (Å²) in [5, 5.41) is 0. The van der Waals surface area contributed by atoms with Gasteiger partial charge in [-0.3, -0.25) is 0 Å². The largest absolute Gasteiger partial charge is 0.348 e. The standard InChI is InChI=1S/C15H26O6/c1-13(2)16-7-9(18-13)11-12(21-15(5,6)20-11)10-8-17-14(3,4)19-10/h9-12H,7-8H2,1-6H3/t9-,10-,11-,12-/m1/s1. The van der Waals surface area contributed by atoms with E-state index in [9.17, 15) is 0 Å². The van der Waals surface area contributed by atoms with E-state index in [-0.39, 0.29) is 24.4 Å². The fourth-order valence-corrected chi connectivity index (χ4v) is 3.15. The van der Waals surface area contributed by atoms with Gasteiger partial charge in [0, 0.05) is 0 Å². The minimum absolute atomic E-state index is 0.168. The monoisotopic (exact) mass is 302 g/mol. The molecular formula is C15H26O6. The maximum Gasteiger partial charge on any atom is 0.164 e. The Morgan fingerprint density at radius 3 is 1.24 bits per heavy atom. The molecule has 6 heteroatoms. The zero-order valence-electron chi connectivity index (χ0n) is 13.7. The van der Waals surface area contributed by atoms with Crippen LogP contribution in [-0.4, -0.2) is 55.0 Å². The van der Waals surface area contributed by atoms with Crippen LogP contribution >= 0.6 is 0 Å². The summed E-state index contributed by atoms with van der Waals surface area (Å²) in [7, 11) is 0. The maximum absolute atomic E-state index is 6.06. The van der Waals surface area contributed by atoms with Crippen molar-refractivity contribution in [3.63, 3.8) is 0 Å². The number of ether oxygens (including phenoxy) is 6. The Morgan fingerprint density at radius 1 is 0.571 bits per heavy atom. The van der Waals surface area contributed by atoms with Crippen LogP contribution in [0.3, 0.4) is 0 Å². The van der Waals surface area contributed by atoms with E-state index in [4.69, 9.17) is 28.4 Å². The molecular weight excluding hydrogens is 276 g/mol. The van der Waals surface area contributed by atoms with Gasteiger partial charge in [0.05, 0.1) is 13.2 Å². The molecule has 0 amide bonds. The van der Waals surface area contributed by atoms with E-state index in [0.29, 0.717) is 13.2 Å². The summed E-state index contributed by atoms with van der Waals surface area (Å²) in [6.45, 7) is 12.4. The molecule has 21 heavy (non-hydrogen) atoms. The van der Waals surface area contributed by atoms with Gasteiger partial charge in [0.15, 0.2) is 17.4 Å². The van der Waals surface area contributed by atoms with Crippen molar-refractivity contribution in [2.45, 2.75) is 83.3 Å². The maximum atomic E-state index is 6.06. The lowest BCUT2D eigenvalue weighted by Crippen LogP contribution is -2.45. The minimum Gasteiger partial charge on any atom is -0.348 e. The Bertz CT molecular complexity index is 369. The first-order valence-electron chi connectivity index (χ1n) is 7.56. The summed E-state index contributed by atoms with van der Waals surface area (Å²) < 4.78 is 35.3. The topological polar surface area (TPSA) is 55.4 Å². The normalized spacial score (nSPS) is 44.3. The van der Waals surface area contributed by atoms with Gasteiger partial charge in [-0.1, -0.05) is 0 Å². The van der Waals surface area contributed by atoms with Crippen LogP contribution in [0.2, 0.25) is 0 Å². The summed E-state index contributed by atoms with van der Waals surface area (Å²) in [5.41, 5.74) is 0. The van der Waals surface area contributed by atoms with Gasteiger partial charge in [0.25, 0.3) is 0 Å². The third-order valence-electron chi connectivity index (χ3n) is 3.96. The van der Waals surface area contributed by atoms with E-state index in [1.807, 2.05) is 41.5 Å². The summed E-state index contributed by atoms with van der Waals surface area (Å²) in [5.74, 6) is -1.84. The zero-order valence-corrected chi connectivity index (χ0v) is 13.7. The molecule has 0 radical (unpaired) electrons. The highest BCUT2D eigenvalue weighted by molar-refractivity contribution is 4.96. The van der Waals surface area contributed by atoms with E-state index < -0.39 is 17.4 Å². The van der Waals surface area contributed by atoms with Crippen molar-refractivity contribution in [1.82, 2.24) is 0 Å². The Labute approximate surface area is 126 Å². The second kappa shape index (κ2) is 4.88. The highest BCUT2D eigenvalue weighted by Gasteiger charge is 2.54. The van der Waals surface area contributed by atoms with Gasteiger partial charge >= 0.3 is 0 Å². The number of hydrogen-bond donors (Lipinski definition) is 0. The molecule has 0 aromatic heterocycles. The lowest BCUT2D eigenvalue weighted by molar-refractivity contribution is -0.178. The molecule has 0 aromatic carbocycles. The van der Waals surface area contributed by atoms with Crippen LogP contribution < -0.4 is 0 Å². The Balaban J connectivity index is 1.75. The molecule has 3 fully saturated rings. The van der Waals surface area contributed by atoms with Crippen molar-refractivity contribution in [3.05, 3.63) is 0 Å². The van der Waals surface area contributed by atoms with Crippen molar-refractivity contribution in [2.75, 3.05) is 13.2 Å². The lowest BCUT2D eigenvalue weighted by Gasteiger charge is -2.26. The van der Waals surface area contributed by atoms with Crippen LogP contribution in [-0.2, 0) is 28.4 Å². The quantitative estimate of drug-likeness (QED) is 0.775. The lowest BCUT2D eigenvalue weighted by atomic mass is 10.0. The first-order chi connectivity index (χ1) is 9.57. The SMILES string of the molecule is CC1(C)O[C@H]([C@H]2COC(C)(C)O2)[C@@H]([C@H]2COC(C)(C)O2)O1. The van der Waals surface area contributed by atoms with Crippen LogP contribution in [0.15, 0.2) is 0 Å². The molecule has 0 saturated carbocycles. The van der Waals surface area contributed by atoms with E-state index in [0.717, 1.165) is 0 Å². The molecule has 0 bridgehead atoms. The molecule has 122 valence electrons. The van der Waals surface area contributed by atoms with Crippen molar-refractivity contribution in [1.29, 1.82) is 0 Å². The molecule has 3 saturated heterocycles. The van der Waals surface area contributed by atoms with E-state index in [2.05, 4.69) is 0 Å². The van der Waals surface area contributed by atoms with Gasteiger partial charge < -0.3 is 28.4 Å². The van der Waals surface area contributed by atoms with E-state index >= 15 is 0 Å². The van der Waals surface area contributed by atoms with Gasteiger partial charge in [-0.05, 0) is 41.5 Å². The third-order valence-corrected chi connectivity index (χ3v) is 3.96. The van der Waals surface area contributed by atoms with Crippen LogP contribution in [0.4, 0.5) is 0 Å². The Morgan fingerprint density at radius 2 is 0.952 bits per heavy atom. The summed E-state index contributed by atoms with van der Waals surface area (Å²) in [6.07, 6.45) is -0.799. The predicted octanol–water partition coefficient (Wildman–Crippen LogP) is 1.81. The average Bonchev–Trinajstić information content (AvgIpc) is 2.94. The van der Waals surface area contributed by atoms with Crippen molar-refractivity contribution >= 4 is 0 Å². The highest BCUT2D eigenvalue weighted by Crippen LogP contribution is 2.39. The fraction of sp³-hybridized carbons (Fsp3) is 1.00. The summed E-state index contributed by atoms with van der Waals surface area (Å²) in [6, 6.07) is 0. The molecule has 0 unspecified atom stereocenters. The van der Waals surface area contributed by atoms with Crippen LogP contribution in [0, 0.1) is 0 Å². The highest BCUT2D eigenvalue weighted by atomic mass is 16.8. The third kappa shape index (κ3) is 3.25. The fourth-order valence-electron chi connectivity index (χ4n) is 3.15. The molecule has 3 aliphatic rings. The van der Waals surface area contributed by atoms with E-state index in [1.165, 1.54) is 0 Å².